The van der Waals surface area contributed by atoms with E-state index >= 15 is 0 Å². The predicted octanol–water partition coefficient (Wildman–Crippen LogP) is 4.65. The fraction of sp³-hybridized carbons (Fsp3) is 0.188. The molecule has 0 saturated carbocycles. The van der Waals surface area contributed by atoms with E-state index in [0.29, 0.717) is 11.3 Å². The Morgan fingerprint density at radius 2 is 1.86 bits per heavy atom. The lowest BCUT2D eigenvalue weighted by atomic mass is 10.2. The van der Waals surface area contributed by atoms with Crippen LogP contribution in [0.5, 0.6) is 5.75 Å². The van der Waals surface area contributed by atoms with E-state index in [1.807, 2.05) is 19.1 Å². The first-order valence-corrected chi connectivity index (χ1v) is 7.66. The number of halogens is 2. The number of nitrogens with one attached hydrogen (secondary N) is 1. The molecule has 6 heteroatoms. The Morgan fingerprint density at radius 3 is 2.50 bits per heavy atom. The summed E-state index contributed by atoms with van der Waals surface area (Å²) in [6.07, 6.45) is 0. The third-order valence-electron chi connectivity index (χ3n) is 2.77. The number of thioether (sulfide) groups is 1. The van der Waals surface area contributed by atoms with Crippen LogP contribution in [0.15, 0.2) is 53.4 Å². The van der Waals surface area contributed by atoms with E-state index in [4.69, 9.17) is 0 Å². The monoisotopic (exact) mass is 323 g/mol. The van der Waals surface area contributed by atoms with Crippen LogP contribution in [0.2, 0.25) is 0 Å². The van der Waals surface area contributed by atoms with Gasteiger partial charge in [0.05, 0.1) is 5.56 Å². The first kappa shape index (κ1) is 16.3. The van der Waals surface area contributed by atoms with Gasteiger partial charge in [-0.25, -0.2) is 0 Å². The molecule has 0 spiro atoms. The Balaban J connectivity index is 2.09. The molecule has 0 aliphatic rings. The number of anilines is 1. The van der Waals surface area contributed by atoms with Gasteiger partial charge in [-0.3, -0.25) is 4.79 Å². The van der Waals surface area contributed by atoms with Crippen molar-refractivity contribution in [2.45, 2.75) is 18.4 Å². The van der Waals surface area contributed by atoms with Crippen molar-refractivity contribution in [2.24, 2.45) is 0 Å². The molecular formula is C16H15F2NO2S. The summed E-state index contributed by atoms with van der Waals surface area (Å²) in [5.41, 5.74) is 1.10. The molecule has 0 atom stereocenters. The lowest BCUT2D eigenvalue weighted by Crippen LogP contribution is -2.13. The minimum atomic E-state index is -2.86. The molecular weight excluding hydrogens is 308 g/mol. The van der Waals surface area contributed by atoms with Crippen LogP contribution < -0.4 is 10.1 Å². The zero-order valence-corrected chi connectivity index (χ0v) is 12.7. The summed E-state index contributed by atoms with van der Waals surface area (Å²) >= 11 is 1.59. The van der Waals surface area contributed by atoms with Gasteiger partial charge in [0, 0.05) is 10.6 Å². The molecule has 3 nitrogen and oxygen atoms in total. The first-order chi connectivity index (χ1) is 10.6. The SMILES string of the molecule is CCSc1ccccc1C(=O)Nc1ccc(OC(F)F)cc1. The lowest BCUT2D eigenvalue weighted by Gasteiger charge is -2.10. The van der Waals surface area contributed by atoms with Gasteiger partial charge in [0.25, 0.3) is 5.91 Å². The van der Waals surface area contributed by atoms with Crippen LogP contribution in [-0.2, 0) is 0 Å². The van der Waals surface area contributed by atoms with Crippen LogP contribution in [-0.4, -0.2) is 18.3 Å². The van der Waals surface area contributed by atoms with E-state index in [1.165, 1.54) is 24.3 Å². The number of hydrogen-bond donors (Lipinski definition) is 1. The van der Waals surface area contributed by atoms with Gasteiger partial charge in [0.15, 0.2) is 0 Å². The number of carbonyl (C=O) groups excluding carboxylic acids is 1. The summed E-state index contributed by atoms with van der Waals surface area (Å²) in [4.78, 5) is 13.2. The van der Waals surface area contributed by atoms with Crippen LogP contribution >= 0.6 is 11.8 Å². The second kappa shape index (κ2) is 7.79. The number of rotatable bonds is 6. The standard InChI is InChI=1S/C16H15F2NO2S/c1-2-22-14-6-4-3-5-13(14)15(20)19-11-7-9-12(10-8-11)21-16(17)18/h3-10,16H,2H2,1H3,(H,19,20). The van der Waals surface area contributed by atoms with Crippen LogP contribution in [0.3, 0.4) is 0 Å². The van der Waals surface area contributed by atoms with Gasteiger partial charge in [-0.2, -0.15) is 8.78 Å². The van der Waals surface area contributed by atoms with Crippen molar-refractivity contribution >= 4 is 23.4 Å². The van der Waals surface area contributed by atoms with E-state index < -0.39 is 6.61 Å². The molecule has 1 amide bonds. The van der Waals surface area contributed by atoms with Gasteiger partial charge >= 0.3 is 6.61 Å². The Labute approximate surface area is 131 Å². The molecule has 1 N–H and O–H groups in total. The molecule has 2 rings (SSSR count). The molecule has 0 heterocycles. The number of carbonyl (C=O) groups is 1. The smallest absolute Gasteiger partial charge is 0.387 e. The number of ether oxygens (including phenoxy) is 1. The van der Waals surface area contributed by atoms with E-state index in [9.17, 15) is 13.6 Å². The molecule has 116 valence electrons. The largest absolute Gasteiger partial charge is 0.435 e. The number of amides is 1. The quantitative estimate of drug-likeness (QED) is 0.786. The Bertz CT molecular complexity index is 632. The van der Waals surface area contributed by atoms with Crippen molar-refractivity contribution in [1.82, 2.24) is 0 Å². The summed E-state index contributed by atoms with van der Waals surface area (Å²) in [7, 11) is 0. The van der Waals surface area contributed by atoms with Gasteiger partial charge in [-0.1, -0.05) is 19.1 Å². The van der Waals surface area contributed by atoms with Crippen LogP contribution in [0.25, 0.3) is 0 Å². The van der Waals surface area contributed by atoms with Crippen molar-refractivity contribution in [2.75, 3.05) is 11.1 Å². The van der Waals surface area contributed by atoms with Crippen molar-refractivity contribution in [3.05, 3.63) is 54.1 Å². The highest BCUT2D eigenvalue weighted by molar-refractivity contribution is 7.99. The molecule has 0 radical (unpaired) electrons. The van der Waals surface area contributed by atoms with E-state index in [-0.39, 0.29) is 11.7 Å². The van der Waals surface area contributed by atoms with Crippen molar-refractivity contribution in [1.29, 1.82) is 0 Å². The van der Waals surface area contributed by atoms with E-state index in [0.717, 1.165) is 10.6 Å². The van der Waals surface area contributed by atoms with Gasteiger partial charge < -0.3 is 10.1 Å². The molecule has 22 heavy (non-hydrogen) atoms. The predicted molar refractivity (Wildman–Crippen MR) is 83.9 cm³/mol. The maximum atomic E-state index is 12.3. The third-order valence-corrected chi connectivity index (χ3v) is 3.72. The Hall–Kier alpha value is -2.08. The fourth-order valence-electron chi connectivity index (χ4n) is 1.85. The maximum absolute atomic E-state index is 12.3. The topological polar surface area (TPSA) is 38.3 Å². The lowest BCUT2D eigenvalue weighted by molar-refractivity contribution is -0.0498. The van der Waals surface area contributed by atoms with Crippen molar-refractivity contribution in [3.63, 3.8) is 0 Å². The zero-order chi connectivity index (χ0) is 15.9. The molecule has 0 unspecified atom stereocenters. The highest BCUT2D eigenvalue weighted by atomic mass is 32.2. The third kappa shape index (κ3) is 4.46. The fourth-order valence-corrected chi connectivity index (χ4v) is 2.66. The second-order valence-corrected chi connectivity index (χ2v) is 5.59. The first-order valence-electron chi connectivity index (χ1n) is 6.68. The summed E-state index contributed by atoms with van der Waals surface area (Å²) < 4.78 is 28.4. The summed E-state index contributed by atoms with van der Waals surface area (Å²) in [5.74, 6) is 0.679. The Kier molecular flexibility index (Phi) is 5.77. The summed E-state index contributed by atoms with van der Waals surface area (Å²) in [6.45, 7) is -0.848. The van der Waals surface area contributed by atoms with Crippen molar-refractivity contribution < 1.29 is 18.3 Å². The maximum Gasteiger partial charge on any atom is 0.387 e. The second-order valence-electron chi connectivity index (χ2n) is 4.29. The molecule has 0 saturated heterocycles. The molecule has 2 aromatic rings. The number of hydrogen-bond acceptors (Lipinski definition) is 3. The van der Waals surface area contributed by atoms with E-state index in [2.05, 4.69) is 10.1 Å². The summed E-state index contributed by atoms with van der Waals surface area (Å²) in [6, 6.07) is 13.1. The minimum absolute atomic E-state index is 0.0509. The summed E-state index contributed by atoms with van der Waals surface area (Å²) in [5, 5.41) is 2.74. The van der Waals surface area contributed by atoms with Crippen LogP contribution in [0, 0.1) is 0 Å². The number of alkyl halides is 2. The minimum Gasteiger partial charge on any atom is -0.435 e. The van der Waals surface area contributed by atoms with Gasteiger partial charge in [0.2, 0.25) is 0 Å². The highest BCUT2D eigenvalue weighted by Gasteiger charge is 2.11. The number of benzene rings is 2. The highest BCUT2D eigenvalue weighted by Crippen LogP contribution is 2.24. The molecule has 0 aliphatic heterocycles. The van der Waals surface area contributed by atoms with Crippen LogP contribution in [0.1, 0.15) is 17.3 Å². The molecule has 0 aromatic heterocycles. The van der Waals surface area contributed by atoms with Crippen LogP contribution in [0.4, 0.5) is 14.5 Å². The van der Waals surface area contributed by atoms with E-state index in [1.54, 1.807) is 23.9 Å². The average molecular weight is 323 g/mol. The van der Waals surface area contributed by atoms with Gasteiger partial charge in [0.1, 0.15) is 5.75 Å². The molecule has 0 aliphatic carbocycles. The molecule has 0 fully saturated rings. The average Bonchev–Trinajstić information content (AvgIpc) is 2.49. The Morgan fingerprint density at radius 1 is 1.18 bits per heavy atom. The van der Waals surface area contributed by atoms with Gasteiger partial charge in [-0.15, -0.1) is 11.8 Å². The molecule has 0 bridgehead atoms. The zero-order valence-electron chi connectivity index (χ0n) is 11.9. The van der Waals surface area contributed by atoms with Crippen molar-refractivity contribution in [3.8, 4) is 5.75 Å². The normalized spacial score (nSPS) is 10.5. The van der Waals surface area contributed by atoms with Gasteiger partial charge in [-0.05, 0) is 42.2 Å². The molecule has 2 aromatic carbocycles.